The molecular weight excluding hydrogens is 324 g/mol. The van der Waals surface area contributed by atoms with Gasteiger partial charge in [-0.2, -0.15) is 0 Å². The first-order valence-corrected chi connectivity index (χ1v) is 7.00. The first-order chi connectivity index (χ1) is 9.56. The van der Waals surface area contributed by atoms with Crippen LogP contribution in [-0.4, -0.2) is 42.0 Å². The summed E-state index contributed by atoms with van der Waals surface area (Å²) >= 11 is 3.50. The molecule has 104 valence electrons. The summed E-state index contributed by atoms with van der Waals surface area (Å²) in [5.41, 5.74) is 1.62. The molecule has 0 radical (unpaired) electrons. The molecular formula is C14H13BrN2O3. The van der Waals surface area contributed by atoms with Crippen molar-refractivity contribution < 1.29 is 14.3 Å². The van der Waals surface area contributed by atoms with E-state index in [0.29, 0.717) is 24.3 Å². The van der Waals surface area contributed by atoms with E-state index in [1.807, 2.05) is 22.8 Å². The summed E-state index contributed by atoms with van der Waals surface area (Å²) in [5, 5.41) is 0.741. The normalized spacial score (nSPS) is 14.6. The van der Waals surface area contributed by atoms with Gasteiger partial charge in [-0.05, 0) is 22.0 Å². The maximum Gasteiger partial charge on any atom is 0.340 e. The Hall–Kier alpha value is -1.82. The van der Waals surface area contributed by atoms with E-state index in [-0.39, 0.29) is 5.91 Å². The number of ether oxygens (including phenoxy) is 1. The first kappa shape index (κ1) is 13.2. The van der Waals surface area contributed by atoms with Crippen molar-refractivity contribution in [1.29, 1.82) is 0 Å². The van der Waals surface area contributed by atoms with Gasteiger partial charge in [-0.3, -0.25) is 4.79 Å². The Morgan fingerprint density at radius 1 is 1.35 bits per heavy atom. The van der Waals surface area contributed by atoms with Crippen LogP contribution in [0.3, 0.4) is 0 Å². The lowest BCUT2D eigenvalue weighted by Crippen LogP contribution is -2.38. The molecule has 1 aromatic carbocycles. The van der Waals surface area contributed by atoms with E-state index < -0.39 is 5.97 Å². The van der Waals surface area contributed by atoms with Crippen molar-refractivity contribution >= 4 is 38.7 Å². The fourth-order valence-electron chi connectivity index (χ4n) is 2.65. The number of likely N-dealkylation sites (N-methyl/N-ethyl adjacent to an activating group) is 1. The average Bonchev–Trinajstić information content (AvgIpc) is 2.78. The van der Waals surface area contributed by atoms with Crippen LogP contribution in [0.5, 0.6) is 0 Å². The van der Waals surface area contributed by atoms with Gasteiger partial charge in [0.05, 0.1) is 18.2 Å². The number of fused-ring (bicyclic) bond motifs is 3. The number of amides is 1. The molecule has 20 heavy (non-hydrogen) atoms. The smallest absolute Gasteiger partial charge is 0.340 e. The summed E-state index contributed by atoms with van der Waals surface area (Å²) in [5.74, 6) is -0.634. The van der Waals surface area contributed by atoms with E-state index in [9.17, 15) is 9.59 Å². The van der Waals surface area contributed by atoms with Gasteiger partial charge in [0, 0.05) is 30.0 Å². The van der Waals surface area contributed by atoms with Crippen LogP contribution < -0.4 is 0 Å². The van der Waals surface area contributed by atoms with Gasteiger partial charge in [0.25, 0.3) is 5.91 Å². The fourth-order valence-corrected chi connectivity index (χ4v) is 3.23. The molecule has 5 nitrogen and oxygen atoms in total. The van der Waals surface area contributed by atoms with E-state index in [1.165, 1.54) is 7.11 Å². The van der Waals surface area contributed by atoms with E-state index in [0.717, 1.165) is 15.4 Å². The third-order valence-corrected chi connectivity index (χ3v) is 4.27. The Morgan fingerprint density at radius 2 is 2.10 bits per heavy atom. The van der Waals surface area contributed by atoms with Crippen molar-refractivity contribution in [3.63, 3.8) is 0 Å². The lowest BCUT2D eigenvalue weighted by molar-refractivity contribution is 0.0589. The van der Waals surface area contributed by atoms with Gasteiger partial charge in [-0.15, -0.1) is 0 Å². The molecule has 0 spiro atoms. The number of benzene rings is 1. The highest BCUT2D eigenvalue weighted by Gasteiger charge is 2.32. The Bertz CT molecular complexity index is 736. The van der Waals surface area contributed by atoms with Crippen molar-refractivity contribution in [2.45, 2.75) is 6.54 Å². The molecule has 2 heterocycles. The molecule has 0 N–H and O–H groups in total. The van der Waals surface area contributed by atoms with Gasteiger partial charge < -0.3 is 14.2 Å². The SMILES string of the molecule is COC(=O)c1c2n(c3c(Br)cccc13)CCN(C)C2=O. The molecule has 3 rings (SSSR count). The largest absolute Gasteiger partial charge is 0.465 e. The molecule has 1 aromatic heterocycles. The van der Waals surface area contributed by atoms with Crippen LogP contribution in [-0.2, 0) is 11.3 Å². The zero-order chi connectivity index (χ0) is 14.4. The fraction of sp³-hybridized carbons (Fsp3) is 0.286. The number of carbonyl (C=O) groups is 2. The number of halogens is 1. The maximum absolute atomic E-state index is 12.4. The molecule has 1 aliphatic rings. The summed E-state index contributed by atoms with van der Waals surface area (Å²) in [6, 6.07) is 5.59. The van der Waals surface area contributed by atoms with Crippen molar-refractivity contribution in [1.82, 2.24) is 9.47 Å². The average molecular weight is 337 g/mol. The van der Waals surface area contributed by atoms with Crippen LogP contribution in [0.25, 0.3) is 10.9 Å². The van der Waals surface area contributed by atoms with Crippen molar-refractivity contribution in [2.24, 2.45) is 0 Å². The number of hydrogen-bond acceptors (Lipinski definition) is 3. The minimum absolute atomic E-state index is 0.153. The lowest BCUT2D eigenvalue weighted by atomic mass is 10.1. The van der Waals surface area contributed by atoms with E-state index in [2.05, 4.69) is 15.9 Å². The standard InChI is InChI=1S/C14H13BrN2O3/c1-16-6-7-17-11-8(4-3-5-9(11)15)10(14(19)20-2)12(17)13(16)18/h3-5H,6-7H2,1-2H3. The molecule has 0 aliphatic carbocycles. The number of aromatic nitrogens is 1. The first-order valence-electron chi connectivity index (χ1n) is 6.20. The minimum Gasteiger partial charge on any atom is -0.465 e. The van der Waals surface area contributed by atoms with E-state index in [4.69, 9.17) is 4.74 Å². The van der Waals surface area contributed by atoms with Gasteiger partial charge in [-0.1, -0.05) is 12.1 Å². The monoisotopic (exact) mass is 336 g/mol. The highest BCUT2D eigenvalue weighted by molar-refractivity contribution is 9.10. The molecule has 0 atom stereocenters. The second kappa shape index (κ2) is 4.63. The molecule has 0 bridgehead atoms. The predicted octanol–water partition coefficient (Wildman–Crippen LogP) is 2.28. The van der Waals surface area contributed by atoms with Gasteiger partial charge in [0.1, 0.15) is 5.69 Å². The Morgan fingerprint density at radius 3 is 2.80 bits per heavy atom. The number of rotatable bonds is 1. The Balaban J connectivity index is 2.44. The number of para-hydroxylation sites is 1. The van der Waals surface area contributed by atoms with Crippen LogP contribution in [0.2, 0.25) is 0 Å². The summed E-state index contributed by atoms with van der Waals surface area (Å²) in [7, 11) is 3.06. The lowest BCUT2D eigenvalue weighted by Gasteiger charge is -2.25. The number of hydrogen-bond donors (Lipinski definition) is 0. The summed E-state index contributed by atoms with van der Waals surface area (Å²) < 4.78 is 7.62. The summed E-state index contributed by atoms with van der Waals surface area (Å²) in [6.07, 6.45) is 0. The molecule has 0 unspecified atom stereocenters. The maximum atomic E-state index is 12.4. The number of nitrogens with zero attached hydrogens (tertiary/aromatic N) is 2. The van der Waals surface area contributed by atoms with Gasteiger partial charge in [0.2, 0.25) is 0 Å². The number of methoxy groups -OCH3 is 1. The number of esters is 1. The molecule has 0 fully saturated rings. The molecule has 1 amide bonds. The highest BCUT2D eigenvalue weighted by atomic mass is 79.9. The zero-order valence-corrected chi connectivity index (χ0v) is 12.7. The highest BCUT2D eigenvalue weighted by Crippen LogP contribution is 2.34. The molecule has 6 heteroatoms. The van der Waals surface area contributed by atoms with Gasteiger partial charge in [0.15, 0.2) is 0 Å². The second-order valence-electron chi connectivity index (χ2n) is 4.73. The molecule has 0 saturated heterocycles. The van der Waals surface area contributed by atoms with Gasteiger partial charge >= 0.3 is 5.97 Å². The van der Waals surface area contributed by atoms with E-state index >= 15 is 0 Å². The van der Waals surface area contributed by atoms with Crippen LogP contribution in [0, 0.1) is 0 Å². The third-order valence-electron chi connectivity index (χ3n) is 3.63. The quantitative estimate of drug-likeness (QED) is 0.750. The molecule has 1 aliphatic heterocycles. The van der Waals surface area contributed by atoms with Crippen LogP contribution in [0.15, 0.2) is 22.7 Å². The summed E-state index contributed by atoms with van der Waals surface area (Å²) in [4.78, 5) is 26.1. The minimum atomic E-state index is -0.481. The Kier molecular flexibility index (Phi) is 3.05. The Labute approximate surface area is 124 Å². The van der Waals surface area contributed by atoms with Crippen molar-refractivity contribution in [2.75, 3.05) is 20.7 Å². The number of carbonyl (C=O) groups excluding carboxylic acids is 2. The zero-order valence-electron chi connectivity index (χ0n) is 11.1. The molecule has 0 saturated carbocycles. The van der Waals surface area contributed by atoms with Crippen molar-refractivity contribution in [3.05, 3.63) is 33.9 Å². The van der Waals surface area contributed by atoms with Gasteiger partial charge in [-0.25, -0.2) is 4.79 Å². The predicted molar refractivity (Wildman–Crippen MR) is 77.9 cm³/mol. The summed E-state index contributed by atoms with van der Waals surface area (Å²) in [6.45, 7) is 1.28. The topological polar surface area (TPSA) is 51.5 Å². The van der Waals surface area contributed by atoms with Crippen molar-refractivity contribution in [3.8, 4) is 0 Å². The van der Waals surface area contributed by atoms with Crippen LogP contribution in [0.1, 0.15) is 20.8 Å². The molecule has 2 aromatic rings. The third kappa shape index (κ3) is 1.67. The van der Waals surface area contributed by atoms with Crippen LogP contribution >= 0.6 is 15.9 Å². The second-order valence-corrected chi connectivity index (χ2v) is 5.58. The van der Waals surface area contributed by atoms with Crippen LogP contribution in [0.4, 0.5) is 0 Å². The van der Waals surface area contributed by atoms with E-state index in [1.54, 1.807) is 11.9 Å².